The zero-order chi connectivity index (χ0) is 28.2. The van der Waals surface area contributed by atoms with Crippen molar-refractivity contribution in [3.63, 3.8) is 0 Å². The topological polar surface area (TPSA) is 245 Å². The van der Waals surface area contributed by atoms with E-state index in [1.807, 2.05) is 0 Å². The molecular weight excluding hydrogens is 500 g/mol. The summed E-state index contributed by atoms with van der Waals surface area (Å²) >= 11 is 0. The number of H-pyrrole nitrogens is 2. The molecule has 0 fully saturated rings. The van der Waals surface area contributed by atoms with Crippen LogP contribution in [0.15, 0.2) is 25.0 Å². The Hall–Kier alpha value is -4.27. The normalized spacial score (nSPS) is 14.2. The fraction of sp³-hybridized carbons (Fsp3) is 0.522. The Labute approximate surface area is 218 Å². The lowest BCUT2D eigenvalue weighted by Gasteiger charge is -2.25. The van der Waals surface area contributed by atoms with Crippen LogP contribution >= 0.6 is 0 Å². The second kappa shape index (κ2) is 14.5. The van der Waals surface area contributed by atoms with Gasteiger partial charge in [0.15, 0.2) is 0 Å². The minimum absolute atomic E-state index is 0.0350. The van der Waals surface area contributed by atoms with Crippen molar-refractivity contribution >= 4 is 29.7 Å². The molecule has 0 bridgehead atoms. The molecule has 4 unspecified atom stereocenters. The Morgan fingerprint density at radius 1 is 0.842 bits per heavy atom. The lowest BCUT2D eigenvalue weighted by Crippen LogP contribution is -2.58. The second-order valence-electron chi connectivity index (χ2n) is 9.25. The van der Waals surface area contributed by atoms with Crippen molar-refractivity contribution in [2.75, 3.05) is 0 Å². The molecule has 2 rings (SSSR count). The molecule has 4 atom stereocenters. The lowest BCUT2D eigenvalue weighted by molar-refractivity contribution is -0.143. The van der Waals surface area contributed by atoms with E-state index < -0.39 is 60.2 Å². The highest BCUT2D eigenvalue weighted by molar-refractivity contribution is 5.94. The van der Waals surface area contributed by atoms with Gasteiger partial charge in [-0.1, -0.05) is 13.8 Å². The van der Waals surface area contributed by atoms with Gasteiger partial charge in [0, 0.05) is 43.0 Å². The predicted molar refractivity (Wildman–Crippen MR) is 132 cm³/mol. The summed E-state index contributed by atoms with van der Waals surface area (Å²) in [6.07, 6.45) is 5.25. The van der Waals surface area contributed by atoms with Crippen LogP contribution < -0.4 is 21.7 Å². The molecule has 208 valence electrons. The molecule has 0 aromatic carbocycles. The number of carbonyl (C=O) groups excluding carboxylic acids is 3. The number of carbonyl (C=O) groups is 5. The van der Waals surface area contributed by atoms with Gasteiger partial charge < -0.3 is 41.9 Å². The zero-order valence-electron chi connectivity index (χ0n) is 21.1. The predicted octanol–water partition coefficient (Wildman–Crippen LogP) is -1.30. The second-order valence-corrected chi connectivity index (χ2v) is 9.25. The van der Waals surface area contributed by atoms with Crippen LogP contribution in [-0.2, 0) is 36.8 Å². The molecule has 0 spiro atoms. The Kier molecular flexibility index (Phi) is 11.4. The molecule has 9 N–H and O–H groups in total. The van der Waals surface area contributed by atoms with Crippen LogP contribution in [0.1, 0.15) is 44.5 Å². The fourth-order valence-electron chi connectivity index (χ4n) is 3.60. The first-order valence-corrected chi connectivity index (χ1v) is 12.0. The maximum absolute atomic E-state index is 13.2. The van der Waals surface area contributed by atoms with Gasteiger partial charge in [-0.25, -0.2) is 14.8 Å². The number of nitrogens with zero attached hydrogens (tertiary/aromatic N) is 2. The van der Waals surface area contributed by atoms with Crippen LogP contribution in [0.5, 0.6) is 0 Å². The Balaban J connectivity index is 2.18. The molecule has 15 nitrogen and oxygen atoms in total. The van der Waals surface area contributed by atoms with Gasteiger partial charge in [-0.3, -0.25) is 19.2 Å². The zero-order valence-corrected chi connectivity index (χ0v) is 21.1. The SMILES string of the molecule is CC(C)CC(NC(=O)C(CCC(=O)O)NC(=O)C(Cc1cnc[nH]1)NC(=O)C(N)Cc1cnc[nH]1)C(=O)O. The van der Waals surface area contributed by atoms with E-state index in [-0.39, 0.29) is 31.6 Å². The van der Waals surface area contributed by atoms with Gasteiger partial charge in [0.2, 0.25) is 17.7 Å². The summed E-state index contributed by atoms with van der Waals surface area (Å²) in [6.45, 7) is 3.57. The third-order valence-corrected chi connectivity index (χ3v) is 5.54. The molecule has 15 heteroatoms. The van der Waals surface area contributed by atoms with Gasteiger partial charge in [-0.15, -0.1) is 0 Å². The third kappa shape index (κ3) is 10.0. The van der Waals surface area contributed by atoms with E-state index in [9.17, 15) is 29.1 Å². The summed E-state index contributed by atoms with van der Waals surface area (Å²) < 4.78 is 0. The number of rotatable bonds is 16. The van der Waals surface area contributed by atoms with Crippen LogP contribution in [0, 0.1) is 5.92 Å². The highest BCUT2D eigenvalue weighted by Gasteiger charge is 2.31. The summed E-state index contributed by atoms with van der Waals surface area (Å²) in [5.74, 6) is -4.80. The van der Waals surface area contributed by atoms with Crippen molar-refractivity contribution in [3.05, 3.63) is 36.4 Å². The van der Waals surface area contributed by atoms with Crippen LogP contribution in [0.3, 0.4) is 0 Å². The number of imidazole rings is 2. The number of aliphatic carboxylic acids is 2. The molecule has 38 heavy (non-hydrogen) atoms. The van der Waals surface area contributed by atoms with Crippen molar-refractivity contribution in [1.82, 2.24) is 35.9 Å². The highest BCUT2D eigenvalue weighted by Crippen LogP contribution is 2.08. The van der Waals surface area contributed by atoms with Gasteiger partial charge in [0.05, 0.1) is 18.7 Å². The molecule has 2 heterocycles. The van der Waals surface area contributed by atoms with Gasteiger partial charge in [-0.05, 0) is 18.8 Å². The number of carboxylic acids is 2. The van der Waals surface area contributed by atoms with Crippen molar-refractivity contribution in [3.8, 4) is 0 Å². The van der Waals surface area contributed by atoms with E-state index in [0.29, 0.717) is 11.4 Å². The van der Waals surface area contributed by atoms with Crippen LogP contribution in [0.4, 0.5) is 0 Å². The number of hydrogen-bond donors (Lipinski definition) is 8. The average molecular weight is 535 g/mol. The maximum Gasteiger partial charge on any atom is 0.326 e. The number of aromatic nitrogens is 4. The van der Waals surface area contributed by atoms with Crippen molar-refractivity contribution in [1.29, 1.82) is 0 Å². The number of hydrogen-bond acceptors (Lipinski definition) is 8. The minimum atomic E-state index is -1.37. The molecule has 0 aliphatic heterocycles. The first-order chi connectivity index (χ1) is 18.0. The van der Waals surface area contributed by atoms with Crippen molar-refractivity contribution < 1.29 is 34.2 Å². The van der Waals surface area contributed by atoms with E-state index >= 15 is 0 Å². The largest absolute Gasteiger partial charge is 0.481 e. The van der Waals surface area contributed by atoms with E-state index in [2.05, 4.69) is 35.9 Å². The summed E-state index contributed by atoms with van der Waals surface area (Å²) in [5, 5.41) is 25.9. The van der Waals surface area contributed by atoms with Crippen molar-refractivity contribution in [2.24, 2.45) is 11.7 Å². The number of carboxylic acid groups (broad SMARTS) is 2. The third-order valence-electron chi connectivity index (χ3n) is 5.54. The summed E-state index contributed by atoms with van der Waals surface area (Å²) in [4.78, 5) is 75.1. The maximum atomic E-state index is 13.2. The quantitative estimate of drug-likeness (QED) is 0.126. The number of nitrogens with one attached hydrogen (secondary N) is 5. The first kappa shape index (κ1) is 30.0. The monoisotopic (exact) mass is 534 g/mol. The molecule has 0 radical (unpaired) electrons. The number of amides is 3. The molecule has 0 saturated heterocycles. The fourth-order valence-corrected chi connectivity index (χ4v) is 3.60. The molecule has 0 aliphatic carbocycles. The van der Waals surface area contributed by atoms with Crippen LogP contribution in [0.2, 0.25) is 0 Å². The molecule has 2 aromatic rings. The molecule has 0 aliphatic rings. The van der Waals surface area contributed by atoms with E-state index in [1.54, 1.807) is 13.8 Å². The molecule has 0 saturated carbocycles. The van der Waals surface area contributed by atoms with Crippen LogP contribution in [0.25, 0.3) is 0 Å². The minimum Gasteiger partial charge on any atom is -0.481 e. The number of aromatic amines is 2. The summed E-state index contributed by atoms with van der Waals surface area (Å²) in [5.41, 5.74) is 7.10. The van der Waals surface area contributed by atoms with Gasteiger partial charge in [0.1, 0.15) is 18.1 Å². The van der Waals surface area contributed by atoms with Gasteiger partial charge >= 0.3 is 11.9 Å². The first-order valence-electron chi connectivity index (χ1n) is 12.0. The number of nitrogens with two attached hydrogens (primary N) is 1. The molecule has 3 amide bonds. The Bertz CT molecular complexity index is 1070. The van der Waals surface area contributed by atoms with E-state index in [0.717, 1.165) is 0 Å². The van der Waals surface area contributed by atoms with Crippen LogP contribution in [-0.4, -0.2) is 84.0 Å². The average Bonchev–Trinajstić information content (AvgIpc) is 3.54. The van der Waals surface area contributed by atoms with Gasteiger partial charge in [0.25, 0.3) is 0 Å². The highest BCUT2D eigenvalue weighted by atomic mass is 16.4. The van der Waals surface area contributed by atoms with E-state index in [4.69, 9.17) is 10.8 Å². The molecule has 2 aromatic heterocycles. The summed E-state index contributed by atoms with van der Waals surface area (Å²) in [7, 11) is 0. The Morgan fingerprint density at radius 2 is 1.37 bits per heavy atom. The Morgan fingerprint density at radius 3 is 1.87 bits per heavy atom. The van der Waals surface area contributed by atoms with Crippen molar-refractivity contribution in [2.45, 2.75) is 70.1 Å². The lowest BCUT2D eigenvalue weighted by atomic mass is 10.0. The van der Waals surface area contributed by atoms with Gasteiger partial charge in [-0.2, -0.15) is 0 Å². The molecular formula is C23H34N8O7. The standard InChI is InChI=1S/C23H34N8O7/c1-12(2)5-18(23(37)38)31-21(35)16(3-4-19(32)33)29-22(36)17(7-14-9-26-11-28-14)30-20(34)15(24)6-13-8-25-10-27-13/h8-12,15-18H,3-7,24H2,1-2H3,(H,25,27)(H,26,28)(H,29,36)(H,30,34)(H,31,35)(H,32,33)(H,37,38). The smallest absolute Gasteiger partial charge is 0.326 e. The summed E-state index contributed by atoms with van der Waals surface area (Å²) in [6, 6.07) is -4.83. The van der Waals surface area contributed by atoms with E-state index in [1.165, 1.54) is 25.0 Å².